The molecule has 1 unspecified atom stereocenters. The fourth-order valence-electron chi connectivity index (χ4n) is 2.02. The lowest BCUT2D eigenvalue weighted by Crippen LogP contribution is -2.22. The maximum absolute atomic E-state index is 13.0. The highest BCUT2D eigenvalue weighted by Gasteiger charge is 2.28. The highest BCUT2D eigenvalue weighted by Crippen LogP contribution is 2.34. The molecule has 0 aliphatic heterocycles. The second kappa shape index (κ2) is 4.88. The molecule has 0 nitrogen and oxygen atoms in total. The summed E-state index contributed by atoms with van der Waals surface area (Å²) in [7, 11) is 0. The van der Waals surface area contributed by atoms with Crippen molar-refractivity contribution in [3.63, 3.8) is 0 Å². The minimum absolute atomic E-state index is 0.229. The Labute approximate surface area is 112 Å². The van der Waals surface area contributed by atoms with Crippen LogP contribution in [-0.4, -0.2) is 4.86 Å². The van der Waals surface area contributed by atoms with Gasteiger partial charge in [-0.1, -0.05) is 48.5 Å². The van der Waals surface area contributed by atoms with E-state index in [-0.39, 0.29) is 5.83 Å². The monoisotopic (exact) mass is 256 g/mol. The van der Waals surface area contributed by atoms with Gasteiger partial charge >= 0.3 is 0 Å². The summed E-state index contributed by atoms with van der Waals surface area (Å²) in [4.78, 5) is 0.849. The number of benzene rings is 1. The normalized spacial score (nSPS) is 22.2. The Kier molecular flexibility index (Phi) is 3.45. The molecule has 18 heavy (non-hydrogen) atoms. The molecule has 0 radical (unpaired) electrons. The first-order valence-corrected chi connectivity index (χ1v) is 6.12. The van der Waals surface area contributed by atoms with Crippen LogP contribution in [0.3, 0.4) is 0 Å². The van der Waals surface area contributed by atoms with Crippen LogP contribution < -0.4 is 0 Å². The standard InChI is InChI=1S/C16H13FS/c1-3-16(10-8-15(17)9-11-16)14-6-4-13(5-7-14)12(2)18/h1,4-10H,11H2,2H3. The molecule has 0 saturated carbocycles. The second-order valence-corrected chi connectivity index (χ2v) is 4.99. The van der Waals surface area contributed by atoms with Crippen molar-refractivity contribution in [2.24, 2.45) is 0 Å². The smallest absolute Gasteiger partial charge is 0.119 e. The average molecular weight is 256 g/mol. The molecule has 1 atom stereocenters. The second-order valence-electron chi connectivity index (χ2n) is 4.38. The van der Waals surface area contributed by atoms with Crippen molar-refractivity contribution in [1.82, 2.24) is 0 Å². The van der Waals surface area contributed by atoms with Crippen LogP contribution in [0, 0.1) is 12.3 Å². The Hall–Kier alpha value is -1.72. The Bertz CT molecular complexity index is 572. The van der Waals surface area contributed by atoms with Crippen molar-refractivity contribution in [1.29, 1.82) is 0 Å². The summed E-state index contributed by atoms with van der Waals surface area (Å²) in [6, 6.07) is 7.84. The van der Waals surface area contributed by atoms with Gasteiger partial charge in [0.25, 0.3) is 0 Å². The Morgan fingerprint density at radius 3 is 2.50 bits per heavy atom. The van der Waals surface area contributed by atoms with Crippen molar-refractivity contribution in [3.8, 4) is 12.3 Å². The summed E-state index contributed by atoms with van der Waals surface area (Å²) in [6.07, 6.45) is 10.8. The van der Waals surface area contributed by atoms with Gasteiger partial charge in [0.2, 0.25) is 0 Å². The Morgan fingerprint density at radius 1 is 1.39 bits per heavy atom. The Morgan fingerprint density at radius 2 is 2.06 bits per heavy atom. The van der Waals surface area contributed by atoms with Crippen LogP contribution in [0.1, 0.15) is 24.5 Å². The highest BCUT2D eigenvalue weighted by atomic mass is 32.1. The summed E-state index contributed by atoms with van der Waals surface area (Å²) in [5.41, 5.74) is 1.47. The maximum atomic E-state index is 13.0. The molecule has 2 rings (SSSR count). The fourth-order valence-corrected chi connectivity index (χ4v) is 2.16. The summed E-state index contributed by atoms with van der Waals surface area (Å²) in [5.74, 6) is 2.54. The molecule has 1 aliphatic rings. The quantitative estimate of drug-likeness (QED) is 0.436. The molecule has 0 spiro atoms. The molecular formula is C16H13FS. The molecule has 2 heteroatoms. The largest absolute Gasteiger partial charge is 0.207 e. The van der Waals surface area contributed by atoms with Gasteiger partial charge in [0.05, 0.1) is 5.41 Å². The van der Waals surface area contributed by atoms with E-state index in [0.29, 0.717) is 6.42 Å². The average Bonchev–Trinajstić information content (AvgIpc) is 2.40. The number of hydrogen-bond acceptors (Lipinski definition) is 1. The number of terminal acetylenes is 1. The van der Waals surface area contributed by atoms with Gasteiger partial charge in [0.15, 0.2) is 0 Å². The first-order chi connectivity index (χ1) is 8.57. The molecule has 1 aromatic carbocycles. The van der Waals surface area contributed by atoms with Gasteiger partial charge in [-0.15, -0.1) is 6.42 Å². The van der Waals surface area contributed by atoms with Crippen LogP contribution in [0.25, 0.3) is 0 Å². The van der Waals surface area contributed by atoms with Gasteiger partial charge < -0.3 is 0 Å². The van der Waals surface area contributed by atoms with Gasteiger partial charge in [-0.25, -0.2) is 4.39 Å². The molecule has 0 amide bonds. The lowest BCUT2D eigenvalue weighted by atomic mass is 9.76. The van der Waals surface area contributed by atoms with Crippen molar-refractivity contribution in [2.75, 3.05) is 0 Å². The predicted octanol–water partition coefficient (Wildman–Crippen LogP) is 4.11. The van der Waals surface area contributed by atoms with Crippen molar-refractivity contribution >= 4 is 17.1 Å². The first-order valence-electron chi connectivity index (χ1n) is 5.71. The van der Waals surface area contributed by atoms with E-state index in [9.17, 15) is 4.39 Å². The molecule has 0 aromatic heterocycles. The van der Waals surface area contributed by atoms with E-state index in [4.69, 9.17) is 18.6 Å². The van der Waals surface area contributed by atoms with Gasteiger partial charge in [-0.3, -0.25) is 0 Å². The molecule has 90 valence electrons. The predicted molar refractivity (Wildman–Crippen MR) is 77.3 cm³/mol. The Balaban J connectivity index is 2.38. The zero-order valence-electron chi connectivity index (χ0n) is 10.1. The van der Waals surface area contributed by atoms with E-state index >= 15 is 0 Å². The van der Waals surface area contributed by atoms with E-state index in [1.54, 1.807) is 6.08 Å². The molecule has 1 aromatic rings. The minimum Gasteiger partial charge on any atom is -0.207 e. The number of thiocarbonyl (C=S) groups is 1. The van der Waals surface area contributed by atoms with Gasteiger partial charge in [0, 0.05) is 4.86 Å². The number of hydrogen-bond donors (Lipinski definition) is 0. The summed E-state index contributed by atoms with van der Waals surface area (Å²) in [5, 5.41) is 0. The van der Waals surface area contributed by atoms with Crippen LogP contribution in [0.4, 0.5) is 4.39 Å². The third-order valence-corrected chi connectivity index (χ3v) is 3.45. The van der Waals surface area contributed by atoms with Crippen molar-refractivity contribution in [2.45, 2.75) is 18.8 Å². The van der Waals surface area contributed by atoms with Gasteiger partial charge in [-0.2, -0.15) is 0 Å². The van der Waals surface area contributed by atoms with E-state index in [2.05, 4.69) is 5.92 Å². The maximum Gasteiger partial charge on any atom is 0.119 e. The van der Waals surface area contributed by atoms with Crippen LogP contribution in [-0.2, 0) is 5.41 Å². The first kappa shape index (κ1) is 12.7. The zero-order chi connectivity index (χ0) is 13.2. The number of allylic oxidation sites excluding steroid dienone is 4. The molecule has 1 aliphatic carbocycles. The summed E-state index contributed by atoms with van der Waals surface area (Å²) < 4.78 is 13.0. The molecule has 0 saturated heterocycles. The topological polar surface area (TPSA) is 0 Å². The number of halogens is 1. The summed E-state index contributed by atoms with van der Waals surface area (Å²) >= 11 is 5.12. The molecule has 0 N–H and O–H groups in total. The van der Waals surface area contributed by atoms with Crippen LogP contribution in [0.5, 0.6) is 0 Å². The lowest BCUT2D eigenvalue weighted by Gasteiger charge is -2.26. The third kappa shape index (κ3) is 2.27. The van der Waals surface area contributed by atoms with E-state index in [1.807, 2.05) is 31.2 Å². The van der Waals surface area contributed by atoms with Gasteiger partial charge in [0.1, 0.15) is 5.83 Å². The van der Waals surface area contributed by atoms with Gasteiger partial charge in [-0.05, 0) is 36.6 Å². The molecule has 0 heterocycles. The van der Waals surface area contributed by atoms with Crippen LogP contribution >= 0.6 is 12.2 Å². The van der Waals surface area contributed by atoms with E-state index in [1.165, 1.54) is 12.2 Å². The SMILES string of the molecule is C#CC1(c2ccc(C(C)=S)cc2)C=CC(F)=CC1. The lowest BCUT2D eigenvalue weighted by molar-refractivity contribution is 0.615. The van der Waals surface area contributed by atoms with Crippen molar-refractivity contribution < 1.29 is 4.39 Å². The van der Waals surface area contributed by atoms with Crippen LogP contribution in [0.2, 0.25) is 0 Å². The molecule has 0 fully saturated rings. The minimum atomic E-state index is -0.538. The zero-order valence-corrected chi connectivity index (χ0v) is 10.9. The molecule has 0 bridgehead atoms. The number of rotatable bonds is 2. The fraction of sp³-hybridized carbons (Fsp3) is 0.188. The van der Waals surface area contributed by atoms with E-state index < -0.39 is 5.41 Å². The third-order valence-electron chi connectivity index (χ3n) is 3.21. The van der Waals surface area contributed by atoms with Crippen molar-refractivity contribution in [3.05, 3.63) is 59.4 Å². The summed E-state index contributed by atoms with van der Waals surface area (Å²) in [6.45, 7) is 1.89. The molecular weight excluding hydrogens is 243 g/mol. The van der Waals surface area contributed by atoms with E-state index in [0.717, 1.165) is 16.0 Å². The highest BCUT2D eigenvalue weighted by molar-refractivity contribution is 7.80. The van der Waals surface area contributed by atoms with Crippen LogP contribution in [0.15, 0.2) is 48.3 Å².